The molecule has 0 aliphatic carbocycles. The van der Waals surface area contributed by atoms with Gasteiger partial charge < -0.3 is 18.9 Å². The van der Waals surface area contributed by atoms with Crippen LogP contribution < -0.4 is 10.3 Å². The molecule has 116 valence electrons. The number of carbonyl (C=O) groups excluding carboxylic acids is 1. The Morgan fingerprint density at radius 1 is 1.38 bits per heavy atom. The second-order valence-corrected chi connectivity index (χ2v) is 5.05. The van der Waals surface area contributed by atoms with Crippen LogP contribution in [0.4, 0.5) is 0 Å². The molecule has 0 bridgehead atoms. The number of amides is 1. The van der Waals surface area contributed by atoms with Crippen molar-refractivity contribution in [3.05, 3.63) is 28.7 Å². The molecule has 0 saturated carbocycles. The number of hydrogen-bond donors (Lipinski definition) is 0. The SMILES string of the molecule is CCOC1CCN(C(=O)Cn2cccc(OC)c2=O)CC1. The fourth-order valence-corrected chi connectivity index (χ4v) is 2.55. The molecular weight excluding hydrogens is 272 g/mol. The van der Waals surface area contributed by atoms with E-state index in [1.807, 2.05) is 6.92 Å². The van der Waals surface area contributed by atoms with Gasteiger partial charge in [0.25, 0.3) is 5.56 Å². The van der Waals surface area contributed by atoms with E-state index in [1.54, 1.807) is 23.2 Å². The van der Waals surface area contributed by atoms with Crippen molar-refractivity contribution in [3.8, 4) is 5.75 Å². The van der Waals surface area contributed by atoms with Crippen LogP contribution in [0.25, 0.3) is 0 Å². The van der Waals surface area contributed by atoms with Crippen LogP contribution in [-0.2, 0) is 16.1 Å². The van der Waals surface area contributed by atoms with Gasteiger partial charge in [0, 0.05) is 25.9 Å². The molecule has 1 aromatic heterocycles. The molecule has 2 rings (SSSR count). The van der Waals surface area contributed by atoms with Crippen molar-refractivity contribution in [1.29, 1.82) is 0 Å². The summed E-state index contributed by atoms with van der Waals surface area (Å²) in [4.78, 5) is 26.1. The van der Waals surface area contributed by atoms with E-state index >= 15 is 0 Å². The van der Waals surface area contributed by atoms with Crippen molar-refractivity contribution >= 4 is 5.91 Å². The minimum absolute atomic E-state index is 0.0414. The maximum atomic E-state index is 12.3. The highest BCUT2D eigenvalue weighted by molar-refractivity contribution is 5.76. The third-order valence-corrected chi connectivity index (χ3v) is 3.71. The Kier molecular flexibility index (Phi) is 5.38. The van der Waals surface area contributed by atoms with Gasteiger partial charge in [0.05, 0.1) is 13.2 Å². The van der Waals surface area contributed by atoms with Crippen LogP contribution in [0.5, 0.6) is 5.75 Å². The van der Waals surface area contributed by atoms with Gasteiger partial charge in [0.1, 0.15) is 6.54 Å². The Morgan fingerprint density at radius 2 is 2.10 bits per heavy atom. The Balaban J connectivity index is 1.95. The van der Waals surface area contributed by atoms with Gasteiger partial charge in [-0.05, 0) is 31.9 Å². The minimum atomic E-state index is -0.280. The summed E-state index contributed by atoms with van der Waals surface area (Å²) in [5, 5.41) is 0. The molecule has 0 spiro atoms. The topological polar surface area (TPSA) is 60.8 Å². The Bertz CT molecular complexity index is 533. The second-order valence-electron chi connectivity index (χ2n) is 5.05. The normalized spacial score (nSPS) is 16.0. The first kappa shape index (κ1) is 15.6. The van der Waals surface area contributed by atoms with E-state index in [4.69, 9.17) is 9.47 Å². The van der Waals surface area contributed by atoms with E-state index in [0.717, 1.165) is 12.8 Å². The van der Waals surface area contributed by atoms with E-state index in [9.17, 15) is 9.59 Å². The van der Waals surface area contributed by atoms with E-state index < -0.39 is 0 Å². The number of likely N-dealkylation sites (tertiary alicyclic amines) is 1. The summed E-state index contributed by atoms with van der Waals surface area (Å²) in [7, 11) is 1.45. The van der Waals surface area contributed by atoms with E-state index in [-0.39, 0.29) is 29.9 Å². The molecular formula is C15H22N2O4. The fraction of sp³-hybridized carbons (Fsp3) is 0.600. The summed E-state index contributed by atoms with van der Waals surface area (Å²) in [5.74, 6) is 0.209. The van der Waals surface area contributed by atoms with Crippen molar-refractivity contribution in [1.82, 2.24) is 9.47 Å². The molecule has 1 fully saturated rings. The van der Waals surface area contributed by atoms with Crippen molar-refractivity contribution in [3.63, 3.8) is 0 Å². The monoisotopic (exact) mass is 294 g/mol. The van der Waals surface area contributed by atoms with E-state index in [2.05, 4.69) is 0 Å². The largest absolute Gasteiger partial charge is 0.491 e. The Labute approximate surface area is 124 Å². The highest BCUT2D eigenvalue weighted by Gasteiger charge is 2.23. The second kappa shape index (κ2) is 7.26. The average Bonchev–Trinajstić information content (AvgIpc) is 2.50. The lowest BCUT2D eigenvalue weighted by Gasteiger charge is -2.31. The van der Waals surface area contributed by atoms with Crippen molar-refractivity contribution < 1.29 is 14.3 Å². The highest BCUT2D eigenvalue weighted by atomic mass is 16.5. The summed E-state index contributed by atoms with van der Waals surface area (Å²) >= 11 is 0. The standard InChI is InChI=1S/C15H22N2O4/c1-3-21-12-6-9-16(10-7-12)14(18)11-17-8-4-5-13(20-2)15(17)19/h4-5,8,12H,3,6-7,9-11H2,1-2H3. The molecule has 2 heterocycles. The van der Waals surface area contributed by atoms with Gasteiger partial charge in [0.15, 0.2) is 5.75 Å². The van der Waals surface area contributed by atoms with Gasteiger partial charge in [-0.15, -0.1) is 0 Å². The van der Waals surface area contributed by atoms with Gasteiger partial charge >= 0.3 is 0 Å². The molecule has 1 aliphatic rings. The zero-order valence-electron chi connectivity index (χ0n) is 12.6. The zero-order valence-corrected chi connectivity index (χ0v) is 12.6. The number of nitrogens with zero attached hydrogens (tertiary/aromatic N) is 2. The summed E-state index contributed by atoms with van der Waals surface area (Å²) in [5.41, 5.74) is -0.280. The van der Waals surface area contributed by atoms with Crippen LogP contribution in [0, 0.1) is 0 Å². The first-order valence-corrected chi connectivity index (χ1v) is 7.28. The lowest BCUT2D eigenvalue weighted by molar-refractivity contribution is -0.134. The van der Waals surface area contributed by atoms with Gasteiger partial charge in [-0.25, -0.2) is 0 Å². The molecule has 6 nitrogen and oxygen atoms in total. The predicted octanol–water partition coefficient (Wildman–Crippen LogP) is 0.884. The summed E-state index contributed by atoms with van der Waals surface area (Å²) in [6, 6.07) is 3.30. The smallest absolute Gasteiger partial charge is 0.293 e. The van der Waals surface area contributed by atoms with Gasteiger partial charge in [-0.1, -0.05) is 0 Å². The van der Waals surface area contributed by atoms with Gasteiger partial charge in [-0.2, -0.15) is 0 Å². The molecule has 0 aromatic carbocycles. The van der Waals surface area contributed by atoms with Crippen molar-refractivity contribution in [2.45, 2.75) is 32.4 Å². The number of hydrogen-bond acceptors (Lipinski definition) is 4. The van der Waals surface area contributed by atoms with Crippen molar-refractivity contribution in [2.75, 3.05) is 26.8 Å². The molecule has 6 heteroatoms. The van der Waals surface area contributed by atoms with Crippen LogP contribution in [0.3, 0.4) is 0 Å². The number of rotatable bonds is 5. The van der Waals surface area contributed by atoms with Crippen LogP contribution in [0.2, 0.25) is 0 Å². The number of aromatic nitrogens is 1. The first-order valence-electron chi connectivity index (χ1n) is 7.28. The number of methoxy groups -OCH3 is 1. The number of ether oxygens (including phenoxy) is 2. The maximum absolute atomic E-state index is 12.3. The first-order chi connectivity index (χ1) is 10.2. The Hall–Kier alpha value is -1.82. The van der Waals surface area contributed by atoms with Crippen LogP contribution in [-0.4, -0.2) is 48.3 Å². The van der Waals surface area contributed by atoms with E-state index in [1.165, 1.54) is 11.7 Å². The third-order valence-electron chi connectivity index (χ3n) is 3.71. The molecule has 0 N–H and O–H groups in total. The zero-order chi connectivity index (χ0) is 15.2. The fourth-order valence-electron chi connectivity index (χ4n) is 2.55. The molecule has 0 atom stereocenters. The maximum Gasteiger partial charge on any atom is 0.293 e. The predicted molar refractivity (Wildman–Crippen MR) is 78.5 cm³/mol. The van der Waals surface area contributed by atoms with E-state index in [0.29, 0.717) is 19.7 Å². The van der Waals surface area contributed by atoms with Gasteiger partial charge in [0.2, 0.25) is 5.91 Å². The summed E-state index contributed by atoms with van der Waals surface area (Å²) in [6.07, 6.45) is 3.56. The number of pyridine rings is 1. The lowest BCUT2D eigenvalue weighted by atomic mass is 10.1. The highest BCUT2D eigenvalue weighted by Crippen LogP contribution is 2.14. The summed E-state index contributed by atoms with van der Waals surface area (Å²) < 4.78 is 11.9. The quantitative estimate of drug-likeness (QED) is 0.809. The molecule has 1 amide bonds. The molecule has 1 saturated heterocycles. The minimum Gasteiger partial charge on any atom is -0.491 e. The number of piperidine rings is 1. The molecule has 0 unspecified atom stereocenters. The van der Waals surface area contributed by atoms with Crippen LogP contribution >= 0.6 is 0 Å². The third kappa shape index (κ3) is 3.85. The molecule has 0 radical (unpaired) electrons. The van der Waals surface area contributed by atoms with Gasteiger partial charge in [-0.3, -0.25) is 9.59 Å². The molecule has 21 heavy (non-hydrogen) atoms. The molecule has 1 aliphatic heterocycles. The Morgan fingerprint density at radius 3 is 2.71 bits per heavy atom. The lowest BCUT2D eigenvalue weighted by Crippen LogP contribution is -2.43. The number of carbonyl (C=O) groups is 1. The average molecular weight is 294 g/mol. The van der Waals surface area contributed by atoms with Crippen molar-refractivity contribution in [2.24, 2.45) is 0 Å². The van der Waals surface area contributed by atoms with Crippen LogP contribution in [0.15, 0.2) is 23.1 Å². The molecule has 1 aromatic rings. The van der Waals surface area contributed by atoms with Crippen LogP contribution in [0.1, 0.15) is 19.8 Å². The summed E-state index contributed by atoms with van der Waals surface area (Å²) in [6.45, 7) is 4.10.